The quantitative estimate of drug-likeness (QED) is 0.349. The number of allylic oxidation sites excluding steroid dienone is 1. The number of nitrogens with two attached hydrogens (primary N) is 1. The maximum absolute atomic E-state index is 11.3. The highest BCUT2D eigenvalue weighted by Crippen LogP contribution is 2.16. The van der Waals surface area contributed by atoms with Crippen molar-refractivity contribution in [3.8, 4) is 0 Å². The number of ether oxygens (including phenoxy) is 1. The largest absolute Gasteiger partial charge is 0.465 e. The highest BCUT2D eigenvalue weighted by Gasteiger charge is 2.09. The van der Waals surface area contributed by atoms with Gasteiger partial charge in [-0.15, -0.1) is 0 Å². The summed E-state index contributed by atoms with van der Waals surface area (Å²) in [4.78, 5) is 21.5. The zero-order valence-corrected chi connectivity index (χ0v) is 8.27. The standard InChI is InChI=1S/C11H11NO3/c1-15-11(14)10-7-9(12)5-4-8(10)3-2-6-13/h2-7H,12H2,1H3. The van der Waals surface area contributed by atoms with Gasteiger partial charge in [-0.1, -0.05) is 12.1 Å². The van der Waals surface area contributed by atoms with Crippen LogP contribution in [0.4, 0.5) is 5.69 Å². The second-order valence-electron chi connectivity index (χ2n) is 2.83. The molecule has 1 rings (SSSR count). The topological polar surface area (TPSA) is 69.4 Å². The number of aldehydes is 1. The Hall–Kier alpha value is -2.10. The molecule has 0 atom stereocenters. The van der Waals surface area contributed by atoms with E-state index in [0.717, 1.165) is 0 Å². The first-order valence-electron chi connectivity index (χ1n) is 4.28. The maximum atomic E-state index is 11.3. The minimum Gasteiger partial charge on any atom is -0.465 e. The summed E-state index contributed by atoms with van der Waals surface area (Å²) >= 11 is 0. The summed E-state index contributed by atoms with van der Waals surface area (Å²) in [7, 11) is 1.29. The molecule has 0 unspecified atom stereocenters. The highest BCUT2D eigenvalue weighted by atomic mass is 16.5. The molecule has 15 heavy (non-hydrogen) atoms. The third kappa shape index (κ3) is 2.67. The van der Waals surface area contributed by atoms with E-state index in [1.807, 2.05) is 0 Å². The first-order valence-corrected chi connectivity index (χ1v) is 4.28. The second-order valence-corrected chi connectivity index (χ2v) is 2.83. The number of benzene rings is 1. The summed E-state index contributed by atoms with van der Waals surface area (Å²) in [6.45, 7) is 0. The van der Waals surface area contributed by atoms with Gasteiger partial charge in [0.05, 0.1) is 12.7 Å². The van der Waals surface area contributed by atoms with Crippen molar-refractivity contribution in [1.82, 2.24) is 0 Å². The fraction of sp³-hybridized carbons (Fsp3) is 0.0909. The van der Waals surface area contributed by atoms with Gasteiger partial charge in [0.15, 0.2) is 0 Å². The molecule has 4 nitrogen and oxygen atoms in total. The third-order valence-corrected chi connectivity index (χ3v) is 1.84. The number of esters is 1. The number of carbonyl (C=O) groups is 2. The van der Waals surface area contributed by atoms with E-state index in [4.69, 9.17) is 5.73 Å². The number of rotatable bonds is 3. The molecule has 0 spiro atoms. The van der Waals surface area contributed by atoms with Crippen LogP contribution < -0.4 is 5.73 Å². The zero-order chi connectivity index (χ0) is 11.3. The molecule has 1 aromatic carbocycles. The summed E-state index contributed by atoms with van der Waals surface area (Å²) < 4.78 is 4.60. The molecule has 2 N–H and O–H groups in total. The molecule has 0 aliphatic carbocycles. The Balaban J connectivity index is 3.19. The molecule has 4 heteroatoms. The van der Waals surface area contributed by atoms with Crippen LogP contribution >= 0.6 is 0 Å². The van der Waals surface area contributed by atoms with Gasteiger partial charge in [-0.05, 0) is 23.8 Å². The van der Waals surface area contributed by atoms with Crippen LogP contribution in [-0.4, -0.2) is 19.4 Å². The van der Waals surface area contributed by atoms with Crippen molar-refractivity contribution >= 4 is 24.0 Å². The van der Waals surface area contributed by atoms with Gasteiger partial charge in [0.1, 0.15) is 6.29 Å². The first-order chi connectivity index (χ1) is 7.19. The lowest BCUT2D eigenvalue weighted by Crippen LogP contribution is -2.04. The van der Waals surface area contributed by atoms with Crippen molar-refractivity contribution in [2.24, 2.45) is 0 Å². The molecule has 0 amide bonds. The molecule has 0 radical (unpaired) electrons. The normalized spacial score (nSPS) is 10.2. The second kappa shape index (κ2) is 4.95. The monoisotopic (exact) mass is 205 g/mol. The van der Waals surface area contributed by atoms with E-state index in [2.05, 4.69) is 4.74 Å². The number of methoxy groups -OCH3 is 1. The molecule has 0 saturated heterocycles. The van der Waals surface area contributed by atoms with Gasteiger partial charge in [-0.3, -0.25) is 4.79 Å². The van der Waals surface area contributed by atoms with Gasteiger partial charge in [0.2, 0.25) is 0 Å². The van der Waals surface area contributed by atoms with Crippen LogP contribution in [0, 0.1) is 0 Å². The summed E-state index contributed by atoms with van der Waals surface area (Å²) in [6.07, 6.45) is 3.47. The molecule has 0 aromatic heterocycles. The van der Waals surface area contributed by atoms with Crippen LogP contribution in [0.1, 0.15) is 15.9 Å². The van der Waals surface area contributed by atoms with Crippen LogP contribution in [0.25, 0.3) is 6.08 Å². The summed E-state index contributed by atoms with van der Waals surface area (Å²) in [5.41, 5.74) is 6.96. The smallest absolute Gasteiger partial charge is 0.338 e. The molecule has 0 saturated carbocycles. The number of hydrogen-bond donors (Lipinski definition) is 1. The fourth-order valence-corrected chi connectivity index (χ4v) is 1.15. The molecular formula is C11H11NO3. The van der Waals surface area contributed by atoms with E-state index < -0.39 is 5.97 Å². The van der Waals surface area contributed by atoms with Crippen molar-refractivity contribution < 1.29 is 14.3 Å². The van der Waals surface area contributed by atoms with E-state index in [-0.39, 0.29) is 0 Å². The number of anilines is 1. The lowest BCUT2D eigenvalue weighted by molar-refractivity contribution is -0.104. The molecule has 0 aliphatic rings. The zero-order valence-electron chi connectivity index (χ0n) is 8.27. The summed E-state index contributed by atoms with van der Waals surface area (Å²) in [6, 6.07) is 4.81. The van der Waals surface area contributed by atoms with Crippen molar-refractivity contribution in [2.75, 3.05) is 12.8 Å². The Kier molecular flexibility index (Phi) is 3.62. The molecule has 1 aromatic rings. The van der Waals surface area contributed by atoms with E-state index in [9.17, 15) is 9.59 Å². The lowest BCUT2D eigenvalue weighted by atomic mass is 10.1. The van der Waals surface area contributed by atoms with E-state index in [1.54, 1.807) is 12.1 Å². The van der Waals surface area contributed by atoms with Crippen LogP contribution in [0.2, 0.25) is 0 Å². The Morgan fingerprint density at radius 1 is 1.47 bits per heavy atom. The Morgan fingerprint density at radius 3 is 2.80 bits per heavy atom. The molecule has 78 valence electrons. The predicted molar refractivity (Wildman–Crippen MR) is 57.3 cm³/mol. The van der Waals surface area contributed by atoms with Crippen molar-refractivity contribution in [3.63, 3.8) is 0 Å². The van der Waals surface area contributed by atoms with Gasteiger partial charge in [-0.25, -0.2) is 4.79 Å². The average molecular weight is 205 g/mol. The molecule has 0 bridgehead atoms. The average Bonchev–Trinajstić information content (AvgIpc) is 2.26. The molecule has 0 heterocycles. The fourth-order valence-electron chi connectivity index (χ4n) is 1.15. The molecular weight excluding hydrogens is 194 g/mol. The van der Waals surface area contributed by atoms with Gasteiger partial charge in [-0.2, -0.15) is 0 Å². The summed E-state index contributed by atoms with van der Waals surface area (Å²) in [5, 5.41) is 0. The van der Waals surface area contributed by atoms with Gasteiger partial charge in [0, 0.05) is 5.69 Å². The van der Waals surface area contributed by atoms with Crippen LogP contribution in [-0.2, 0) is 9.53 Å². The van der Waals surface area contributed by atoms with E-state index in [0.29, 0.717) is 23.1 Å². The van der Waals surface area contributed by atoms with Crippen LogP contribution in [0.15, 0.2) is 24.3 Å². The minimum absolute atomic E-state index is 0.343. The predicted octanol–water partition coefficient (Wildman–Crippen LogP) is 1.27. The van der Waals surface area contributed by atoms with Gasteiger partial charge in [0.25, 0.3) is 0 Å². The minimum atomic E-state index is -0.479. The first kappa shape index (κ1) is 11.0. The third-order valence-electron chi connectivity index (χ3n) is 1.84. The van der Waals surface area contributed by atoms with E-state index in [1.165, 1.54) is 25.3 Å². The number of hydrogen-bond acceptors (Lipinski definition) is 4. The highest BCUT2D eigenvalue weighted by molar-refractivity contribution is 5.95. The van der Waals surface area contributed by atoms with Gasteiger partial charge >= 0.3 is 5.97 Å². The Bertz CT molecular complexity index is 410. The maximum Gasteiger partial charge on any atom is 0.338 e. The summed E-state index contributed by atoms with van der Waals surface area (Å²) in [5.74, 6) is -0.479. The number of carbonyl (C=O) groups excluding carboxylic acids is 2. The van der Waals surface area contributed by atoms with Crippen molar-refractivity contribution in [2.45, 2.75) is 0 Å². The van der Waals surface area contributed by atoms with Crippen molar-refractivity contribution in [1.29, 1.82) is 0 Å². The van der Waals surface area contributed by atoms with Gasteiger partial charge < -0.3 is 10.5 Å². The van der Waals surface area contributed by atoms with E-state index >= 15 is 0 Å². The molecule has 0 aliphatic heterocycles. The van der Waals surface area contributed by atoms with Crippen LogP contribution in [0.3, 0.4) is 0 Å². The Morgan fingerprint density at radius 2 is 2.20 bits per heavy atom. The lowest BCUT2D eigenvalue weighted by Gasteiger charge is -2.04. The van der Waals surface area contributed by atoms with Crippen LogP contribution in [0.5, 0.6) is 0 Å². The number of nitrogen functional groups attached to an aromatic ring is 1. The SMILES string of the molecule is COC(=O)c1cc(N)ccc1C=CC=O. The molecule has 0 fully saturated rings. The van der Waals surface area contributed by atoms with Crippen molar-refractivity contribution in [3.05, 3.63) is 35.4 Å². The Labute approximate surface area is 87.3 Å².